The number of imidazole rings is 1. The van der Waals surface area contributed by atoms with Crippen LogP contribution in [0, 0.1) is 13.8 Å². The standard InChI is InChI=1S/C17H15Cl2N3O/c1-10-3-6-15-21-11(2)16(22(15)9-10)17(23)20-8-12-4-5-13(18)14(19)7-12/h3-7,9H,8H2,1-2H3,(H,20,23). The van der Waals surface area contributed by atoms with Crippen molar-refractivity contribution in [2.24, 2.45) is 0 Å². The molecule has 0 aliphatic heterocycles. The monoisotopic (exact) mass is 347 g/mol. The number of carbonyl (C=O) groups is 1. The summed E-state index contributed by atoms with van der Waals surface area (Å²) in [5, 5.41) is 3.87. The summed E-state index contributed by atoms with van der Waals surface area (Å²) in [7, 11) is 0. The van der Waals surface area contributed by atoms with Crippen molar-refractivity contribution in [3.63, 3.8) is 0 Å². The summed E-state index contributed by atoms with van der Waals surface area (Å²) in [5.41, 5.74) is 3.95. The Labute approximate surface area is 144 Å². The SMILES string of the molecule is Cc1ccc2nc(C)c(C(=O)NCc3ccc(Cl)c(Cl)c3)n2c1. The van der Waals surface area contributed by atoms with Crippen molar-refractivity contribution in [1.82, 2.24) is 14.7 Å². The average Bonchev–Trinajstić information content (AvgIpc) is 2.83. The summed E-state index contributed by atoms with van der Waals surface area (Å²) in [6.07, 6.45) is 1.91. The summed E-state index contributed by atoms with van der Waals surface area (Å²) < 4.78 is 1.81. The number of fused-ring (bicyclic) bond motifs is 1. The lowest BCUT2D eigenvalue weighted by Gasteiger charge is -2.07. The van der Waals surface area contributed by atoms with Crippen LogP contribution in [-0.4, -0.2) is 15.3 Å². The fourth-order valence-electron chi connectivity index (χ4n) is 2.46. The van der Waals surface area contributed by atoms with Crippen molar-refractivity contribution >= 4 is 34.8 Å². The number of aryl methyl sites for hydroxylation is 2. The van der Waals surface area contributed by atoms with E-state index < -0.39 is 0 Å². The minimum atomic E-state index is -0.174. The highest BCUT2D eigenvalue weighted by Gasteiger charge is 2.16. The van der Waals surface area contributed by atoms with Gasteiger partial charge >= 0.3 is 0 Å². The first-order chi connectivity index (χ1) is 11.0. The molecule has 6 heteroatoms. The van der Waals surface area contributed by atoms with Crippen LogP contribution in [-0.2, 0) is 6.54 Å². The second-order valence-electron chi connectivity index (χ2n) is 5.41. The molecule has 3 aromatic rings. The molecule has 2 aromatic heterocycles. The van der Waals surface area contributed by atoms with Gasteiger partial charge in [-0.05, 0) is 43.2 Å². The number of pyridine rings is 1. The van der Waals surface area contributed by atoms with E-state index in [1.54, 1.807) is 12.1 Å². The lowest BCUT2D eigenvalue weighted by molar-refractivity contribution is 0.0944. The number of nitrogens with zero attached hydrogens (tertiary/aromatic N) is 2. The molecule has 0 saturated heterocycles. The summed E-state index contributed by atoms with van der Waals surface area (Å²) in [5.74, 6) is -0.174. The van der Waals surface area contributed by atoms with Gasteiger partial charge in [-0.2, -0.15) is 0 Å². The van der Waals surface area contributed by atoms with Crippen LogP contribution in [0.4, 0.5) is 0 Å². The fraction of sp³-hybridized carbons (Fsp3) is 0.176. The predicted octanol–water partition coefficient (Wildman–Crippen LogP) is 4.19. The van der Waals surface area contributed by atoms with Crippen LogP contribution in [0.2, 0.25) is 10.0 Å². The highest BCUT2D eigenvalue weighted by atomic mass is 35.5. The molecule has 0 aliphatic carbocycles. The molecule has 2 heterocycles. The number of rotatable bonds is 3. The van der Waals surface area contributed by atoms with Gasteiger partial charge in [-0.1, -0.05) is 35.3 Å². The first-order valence-electron chi connectivity index (χ1n) is 7.13. The molecule has 3 rings (SSSR count). The second-order valence-corrected chi connectivity index (χ2v) is 6.23. The van der Waals surface area contributed by atoms with E-state index in [9.17, 15) is 4.79 Å². The normalized spacial score (nSPS) is 11.0. The number of hydrogen-bond donors (Lipinski definition) is 1. The number of aromatic nitrogens is 2. The Morgan fingerprint density at radius 2 is 1.96 bits per heavy atom. The van der Waals surface area contributed by atoms with Gasteiger partial charge in [-0.3, -0.25) is 9.20 Å². The van der Waals surface area contributed by atoms with Gasteiger partial charge in [0.05, 0.1) is 15.7 Å². The number of benzene rings is 1. The predicted molar refractivity (Wildman–Crippen MR) is 92.3 cm³/mol. The Morgan fingerprint density at radius 3 is 2.70 bits per heavy atom. The molecule has 1 N–H and O–H groups in total. The van der Waals surface area contributed by atoms with E-state index in [1.165, 1.54) is 0 Å². The molecule has 0 unspecified atom stereocenters. The summed E-state index contributed by atoms with van der Waals surface area (Å²) in [6.45, 7) is 4.18. The zero-order valence-corrected chi connectivity index (χ0v) is 14.2. The van der Waals surface area contributed by atoms with E-state index >= 15 is 0 Å². The molecule has 0 atom stereocenters. The molecular formula is C17H15Cl2N3O. The van der Waals surface area contributed by atoms with E-state index in [-0.39, 0.29) is 5.91 Å². The molecule has 0 saturated carbocycles. The van der Waals surface area contributed by atoms with Gasteiger partial charge in [0.1, 0.15) is 11.3 Å². The molecule has 118 valence electrons. The largest absolute Gasteiger partial charge is 0.347 e. The van der Waals surface area contributed by atoms with Crippen molar-refractivity contribution in [3.8, 4) is 0 Å². The summed E-state index contributed by atoms with van der Waals surface area (Å²) in [4.78, 5) is 17.0. The van der Waals surface area contributed by atoms with Gasteiger partial charge in [0, 0.05) is 12.7 Å². The molecule has 0 radical (unpaired) electrons. The maximum atomic E-state index is 12.5. The lowest BCUT2D eigenvalue weighted by atomic mass is 10.2. The number of amides is 1. The van der Waals surface area contributed by atoms with Crippen LogP contribution >= 0.6 is 23.2 Å². The molecule has 0 spiro atoms. The third kappa shape index (κ3) is 3.19. The van der Waals surface area contributed by atoms with E-state index in [0.29, 0.717) is 28.0 Å². The van der Waals surface area contributed by atoms with Crippen LogP contribution in [0.5, 0.6) is 0 Å². The Hall–Kier alpha value is -2.04. The van der Waals surface area contributed by atoms with E-state index in [4.69, 9.17) is 23.2 Å². The van der Waals surface area contributed by atoms with Gasteiger partial charge in [0.2, 0.25) is 0 Å². The Balaban J connectivity index is 1.84. The topological polar surface area (TPSA) is 46.4 Å². The smallest absolute Gasteiger partial charge is 0.270 e. The van der Waals surface area contributed by atoms with Crippen molar-refractivity contribution in [1.29, 1.82) is 0 Å². The Kier molecular flexibility index (Phi) is 4.28. The minimum absolute atomic E-state index is 0.174. The highest BCUT2D eigenvalue weighted by molar-refractivity contribution is 6.42. The van der Waals surface area contributed by atoms with Crippen molar-refractivity contribution in [3.05, 3.63) is 69.1 Å². The maximum Gasteiger partial charge on any atom is 0.270 e. The van der Waals surface area contributed by atoms with E-state index in [2.05, 4.69) is 10.3 Å². The molecule has 1 amide bonds. The van der Waals surface area contributed by atoms with Crippen LogP contribution in [0.3, 0.4) is 0 Å². The number of nitrogens with one attached hydrogen (secondary N) is 1. The first kappa shape index (κ1) is 15.8. The van der Waals surface area contributed by atoms with Crippen molar-refractivity contribution in [2.75, 3.05) is 0 Å². The third-order valence-corrected chi connectivity index (χ3v) is 4.33. The zero-order valence-electron chi connectivity index (χ0n) is 12.7. The second kappa shape index (κ2) is 6.22. The van der Waals surface area contributed by atoms with Crippen molar-refractivity contribution in [2.45, 2.75) is 20.4 Å². The third-order valence-electron chi connectivity index (χ3n) is 3.59. The van der Waals surface area contributed by atoms with Gasteiger partial charge in [0.25, 0.3) is 5.91 Å². The van der Waals surface area contributed by atoms with Crippen LogP contribution in [0.25, 0.3) is 5.65 Å². The minimum Gasteiger partial charge on any atom is -0.347 e. The number of halogens is 2. The average molecular weight is 348 g/mol. The quantitative estimate of drug-likeness (QED) is 0.772. The molecule has 0 fully saturated rings. The first-order valence-corrected chi connectivity index (χ1v) is 7.89. The fourth-order valence-corrected chi connectivity index (χ4v) is 2.78. The molecule has 23 heavy (non-hydrogen) atoms. The molecule has 0 bridgehead atoms. The highest BCUT2D eigenvalue weighted by Crippen LogP contribution is 2.22. The van der Waals surface area contributed by atoms with Gasteiger partial charge in [-0.25, -0.2) is 4.98 Å². The van der Waals surface area contributed by atoms with Gasteiger partial charge in [0.15, 0.2) is 0 Å². The lowest BCUT2D eigenvalue weighted by Crippen LogP contribution is -2.25. The summed E-state index contributed by atoms with van der Waals surface area (Å²) in [6, 6.07) is 9.17. The van der Waals surface area contributed by atoms with Crippen LogP contribution < -0.4 is 5.32 Å². The maximum absolute atomic E-state index is 12.5. The number of hydrogen-bond acceptors (Lipinski definition) is 2. The zero-order chi connectivity index (χ0) is 16.6. The van der Waals surface area contributed by atoms with Gasteiger partial charge < -0.3 is 5.32 Å². The van der Waals surface area contributed by atoms with Gasteiger partial charge in [-0.15, -0.1) is 0 Å². The van der Waals surface area contributed by atoms with Crippen LogP contribution in [0.15, 0.2) is 36.5 Å². The van der Waals surface area contributed by atoms with E-state index in [1.807, 2.05) is 42.6 Å². The van der Waals surface area contributed by atoms with E-state index in [0.717, 1.165) is 16.8 Å². The molecular weight excluding hydrogens is 333 g/mol. The van der Waals surface area contributed by atoms with Crippen molar-refractivity contribution < 1.29 is 4.79 Å². The molecule has 1 aromatic carbocycles. The number of carbonyl (C=O) groups excluding carboxylic acids is 1. The summed E-state index contributed by atoms with van der Waals surface area (Å²) >= 11 is 11.9. The molecule has 0 aliphatic rings. The Bertz CT molecular complexity index is 902. The Morgan fingerprint density at radius 1 is 1.17 bits per heavy atom. The van der Waals surface area contributed by atoms with Crippen LogP contribution in [0.1, 0.15) is 27.3 Å². The molecule has 4 nitrogen and oxygen atoms in total.